The summed E-state index contributed by atoms with van der Waals surface area (Å²) in [6.45, 7) is 0. The Balaban J connectivity index is 1.91. The topological polar surface area (TPSA) is 76.0 Å². The molecule has 0 unspecified atom stereocenters. The number of allylic oxidation sites excluding steroid dienone is 2. The van der Waals surface area contributed by atoms with Crippen molar-refractivity contribution in [2.24, 2.45) is 0 Å². The number of hydrogen-bond acceptors (Lipinski definition) is 5. The molecule has 5 heteroatoms. The monoisotopic (exact) mass is 366 g/mol. The van der Waals surface area contributed by atoms with Gasteiger partial charge in [-0.25, -0.2) is 0 Å². The predicted molar refractivity (Wildman–Crippen MR) is 104 cm³/mol. The van der Waals surface area contributed by atoms with Gasteiger partial charge in [-0.3, -0.25) is 4.79 Å². The standard InChI is InChI=1S/C22H22O5/c1-26-18-10-15(11-19(13-18)27-2)9-17-5-3-4-16(22(17)25)8-14-6-7-20(23)21(24)12-14/h6-13,23-24H,3-5H2,1-2H3/b16-8+,17-9+. The van der Waals surface area contributed by atoms with Gasteiger partial charge in [0.15, 0.2) is 17.3 Å². The Bertz CT molecular complexity index is 902. The van der Waals surface area contributed by atoms with Crippen molar-refractivity contribution in [3.63, 3.8) is 0 Å². The molecule has 0 aliphatic heterocycles. The van der Waals surface area contributed by atoms with Gasteiger partial charge in [-0.2, -0.15) is 0 Å². The molecule has 27 heavy (non-hydrogen) atoms. The van der Waals surface area contributed by atoms with Crippen molar-refractivity contribution in [1.82, 2.24) is 0 Å². The molecule has 0 amide bonds. The number of rotatable bonds is 4. The number of hydrogen-bond donors (Lipinski definition) is 2. The molecule has 1 aliphatic rings. The van der Waals surface area contributed by atoms with E-state index < -0.39 is 0 Å². The molecule has 0 heterocycles. The highest BCUT2D eigenvalue weighted by molar-refractivity contribution is 6.14. The fraction of sp³-hybridized carbons (Fsp3) is 0.227. The molecular weight excluding hydrogens is 344 g/mol. The highest BCUT2D eigenvalue weighted by Gasteiger charge is 2.20. The van der Waals surface area contributed by atoms with Gasteiger partial charge in [-0.15, -0.1) is 0 Å². The second-order valence-corrected chi connectivity index (χ2v) is 6.42. The Hall–Kier alpha value is -3.21. The van der Waals surface area contributed by atoms with Crippen LogP contribution < -0.4 is 9.47 Å². The van der Waals surface area contributed by atoms with E-state index in [-0.39, 0.29) is 17.3 Å². The average Bonchev–Trinajstić information content (AvgIpc) is 2.67. The molecule has 140 valence electrons. The molecule has 0 atom stereocenters. The first kappa shape index (κ1) is 18.6. The number of phenols is 2. The number of phenolic OH excluding ortho intramolecular Hbond substituents is 2. The first-order valence-corrected chi connectivity index (χ1v) is 8.71. The Labute approximate surface area is 158 Å². The van der Waals surface area contributed by atoms with Crippen molar-refractivity contribution in [3.05, 3.63) is 58.7 Å². The van der Waals surface area contributed by atoms with E-state index in [1.54, 1.807) is 32.4 Å². The summed E-state index contributed by atoms with van der Waals surface area (Å²) >= 11 is 0. The zero-order valence-electron chi connectivity index (χ0n) is 15.4. The van der Waals surface area contributed by atoms with Crippen molar-refractivity contribution < 1.29 is 24.5 Å². The predicted octanol–water partition coefficient (Wildman–Crippen LogP) is 4.34. The van der Waals surface area contributed by atoms with Crippen LogP contribution in [-0.2, 0) is 4.79 Å². The minimum Gasteiger partial charge on any atom is -0.504 e. The van der Waals surface area contributed by atoms with Gasteiger partial charge < -0.3 is 19.7 Å². The van der Waals surface area contributed by atoms with Crippen LogP contribution in [0.25, 0.3) is 12.2 Å². The first-order valence-electron chi connectivity index (χ1n) is 8.71. The van der Waals surface area contributed by atoms with Crippen LogP contribution in [0.2, 0.25) is 0 Å². The van der Waals surface area contributed by atoms with Gasteiger partial charge >= 0.3 is 0 Å². The smallest absolute Gasteiger partial charge is 0.185 e. The van der Waals surface area contributed by atoms with E-state index >= 15 is 0 Å². The molecule has 0 spiro atoms. The van der Waals surface area contributed by atoms with Crippen LogP contribution >= 0.6 is 0 Å². The normalized spacial score (nSPS) is 17.3. The number of ketones is 1. The molecule has 0 saturated heterocycles. The first-order chi connectivity index (χ1) is 13.0. The summed E-state index contributed by atoms with van der Waals surface area (Å²) < 4.78 is 10.6. The van der Waals surface area contributed by atoms with Gasteiger partial charge in [-0.1, -0.05) is 6.07 Å². The summed E-state index contributed by atoms with van der Waals surface area (Å²) in [6, 6.07) is 10.0. The van der Waals surface area contributed by atoms with E-state index in [0.29, 0.717) is 35.5 Å². The van der Waals surface area contributed by atoms with Crippen LogP contribution in [0.4, 0.5) is 0 Å². The number of ether oxygens (including phenoxy) is 2. The number of carbonyl (C=O) groups excluding carboxylic acids is 1. The van der Waals surface area contributed by atoms with Crippen molar-refractivity contribution in [2.75, 3.05) is 14.2 Å². The highest BCUT2D eigenvalue weighted by atomic mass is 16.5. The van der Waals surface area contributed by atoms with E-state index in [1.807, 2.05) is 18.2 Å². The van der Waals surface area contributed by atoms with E-state index in [1.165, 1.54) is 12.1 Å². The fourth-order valence-electron chi connectivity index (χ4n) is 3.12. The van der Waals surface area contributed by atoms with Crippen LogP contribution in [0.15, 0.2) is 47.5 Å². The quantitative estimate of drug-likeness (QED) is 0.622. The molecule has 1 saturated carbocycles. The average molecular weight is 366 g/mol. The molecule has 2 aromatic carbocycles. The summed E-state index contributed by atoms with van der Waals surface area (Å²) in [5.74, 6) is 0.946. The van der Waals surface area contributed by atoms with E-state index in [0.717, 1.165) is 17.6 Å². The SMILES string of the molecule is COc1cc(/C=C2\CCC/C(=C\c3ccc(O)c(O)c3)C2=O)cc(OC)c1. The third-order valence-electron chi connectivity index (χ3n) is 4.53. The number of aromatic hydroxyl groups is 2. The van der Waals surface area contributed by atoms with Gasteiger partial charge in [-0.05, 0) is 66.8 Å². The lowest BCUT2D eigenvalue weighted by Crippen LogP contribution is -2.12. The Morgan fingerprint density at radius 3 is 1.96 bits per heavy atom. The lowest BCUT2D eigenvalue weighted by atomic mass is 9.87. The lowest BCUT2D eigenvalue weighted by Gasteiger charge is -2.17. The Morgan fingerprint density at radius 2 is 1.41 bits per heavy atom. The Morgan fingerprint density at radius 1 is 0.815 bits per heavy atom. The van der Waals surface area contributed by atoms with Gasteiger partial charge in [0.1, 0.15) is 11.5 Å². The summed E-state index contributed by atoms with van der Waals surface area (Å²) in [5.41, 5.74) is 2.94. The van der Waals surface area contributed by atoms with Gasteiger partial charge in [0.05, 0.1) is 14.2 Å². The molecule has 2 aromatic rings. The summed E-state index contributed by atoms with van der Waals surface area (Å²) in [4.78, 5) is 12.9. The number of Topliss-reactive ketones (excluding diaryl/α,β-unsaturated/α-hetero) is 1. The largest absolute Gasteiger partial charge is 0.504 e. The number of carbonyl (C=O) groups is 1. The van der Waals surface area contributed by atoms with Crippen LogP contribution in [0, 0.1) is 0 Å². The van der Waals surface area contributed by atoms with Gasteiger partial charge in [0.25, 0.3) is 0 Å². The van der Waals surface area contributed by atoms with Crippen molar-refractivity contribution in [1.29, 1.82) is 0 Å². The lowest BCUT2D eigenvalue weighted by molar-refractivity contribution is -0.112. The molecule has 3 rings (SSSR count). The van der Waals surface area contributed by atoms with Crippen molar-refractivity contribution in [2.45, 2.75) is 19.3 Å². The second-order valence-electron chi connectivity index (χ2n) is 6.42. The molecule has 0 aromatic heterocycles. The Kier molecular flexibility index (Phi) is 5.50. The second kappa shape index (κ2) is 7.99. The van der Waals surface area contributed by atoms with Gasteiger partial charge in [0.2, 0.25) is 0 Å². The highest BCUT2D eigenvalue weighted by Crippen LogP contribution is 2.31. The third-order valence-corrected chi connectivity index (χ3v) is 4.53. The zero-order valence-corrected chi connectivity index (χ0v) is 15.4. The minimum atomic E-state index is -0.202. The molecule has 1 aliphatic carbocycles. The number of benzene rings is 2. The maximum Gasteiger partial charge on any atom is 0.185 e. The third kappa shape index (κ3) is 4.31. The summed E-state index contributed by atoms with van der Waals surface area (Å²) in [7, 11) is 3.18. The molecule has 0 bridgehead atoms. The van der Waals surface area contributed by atoms with Crippen LogP contribution in [-0.4, -0.2) is 30.2 Å². The maximum atomic E-state index is 12.9. The minimum absolute atomic E-state index is 0.00407. The van der Waals surface area contributed by atoms with E-state index in [9.17, 15) is 15.0 Å². The molecule has 5 nitrogen and oxygen atoms in total. The molecule has 1 fully saturated rings. The molecule has 0 radical (unpaired) electrons. The fourth-order valence-corrected chi connectivity index (χ4v) is 3.12. The van der Waals surface area contributed by atoms with Crippen LogP contribution in [0.3, 0.4) is 0 Å². The van der Waals surface area contributed by atoms with E-state index in [2.05, 4.69) is 0 Å². The zero-order chi connectivity index (χ0) is 19.4. The number of methoxy groups -OCH3 is 2. The van der Waals surface area contributed by atoms with Crippen LogP contribution in [0.1, 0.15) is 30.4 Å². The molecular formula is C22H22O5. The van der Waals surface area contributed by atoms with Gasteiger partial charge in [0, 0.05) is 17.2 Å². The summed E-state index contributed by atoms with van der Waals surface area (Å²) in [6.07, 6.45) is 5.89. The van der Waals surface area contributed by atoms with Crippen molar-refractivity contribution in [3.8, 4) is 23.0 Å². The van der Waals surface area contributed by atoms with Crippen molar-refractivity contribution >= 4 is 17.9 Å². The van der Waals surface area contributed by atoms with Crippen LogP contribution in [0.5, 0.6) is 23.0 Å². The maximum absolute atomic E-state index is 12.9. The molecule has 2 N–H and O–H groups in total. The summed E-state index contributed by atoms with van der Waals surface area (Å²) in [5, 5.41) is 19.1. The van der Waals surface area contributed by atoms with E-state index in [4.69, 9.17) is 9.47 Å².